The first kappa shape index (κ1) is 72.8. The summed E-state index contributed by atoms with van der Waals surface area (Å²) in [6.45, 7) is 33.5. The number of pyridine rings is 1. The molecule has 4 aromatic carbocycles. The first-order valence-electron chi connectivity index (χ1n) is 26.8. The molecule has 78 heavy (non-hydrogen) atoms. The predicted molar refractivity (Wildman–Crippen MR) is 344 cm³/mol. The van der Waals surface area contributed by atoms with E-state index in [9.17, 15) is 13.2 Å². The predicted octanol–water partition coefficient (Wildman–Crippen LogP) is 17.9. The molecule has 2 aromatic heterocycles. The molecule has 1 saturated heterocycles. The zero-order valence-corrected chi connectivity index (χ0v) is 55.1. The number of aryl methyl sites for hydroxylation is 10. The molecule has 2 fully saturated rings. The number of hydrogen-bond donors (Lipinski definition) is 1. The molecule has 432 valence electrons. The summed E-state index contributed by atoms with van der Waals surface area (Å²) in [7, 11) is -0.600. The van der Waals surface area contributed by atoms with Crippen LogP contribution in [-0.4, -0.2) is 34.5 Å². The Morgan fingerprint density at radius 1 is 0.551 bits per heavy atom. The summed E-state index contributed by atoms with van der Waals surface area (Å²) in [4.78, 5) is 14.0. The van der Waals surface area contributed by atoms with Crippen LogP contribution < -0.4 is 0 Å². The van der Waals surface area contributed by atoms with E-state index in [1.807, 2.05) is 79.2 Å². The molecule has 0 radical (unpaired) electrons. The number of rotatable bonds is 6. The van der Waals surface area contributed by atoms with Crippen LogP contribution in [0.1, 0.15) is 147 Å². The van der Waals surface area contributed by atoms with E-state index in [1.54, 1.807) is 19.9 Å². The van der Waals surface area contributed by atoms with Gasteiger partial charge in [-0.25, -0.2) is 23.1 Å². The highest BCUT2D eigenvalue weighted by Gasteiger charge is 2.14. The molecular weight excluding hydrogens is 1110 g/mol. The SMILES string of the molecule is CC1CCC(C)CC1.CC1COC(C)OC1.CCCCCc1cc([S-](=S)=S)c(C)c(S(=S)(=S)S)c1.Cc1cc(F)c(C)c(F)c1.Cc1ccc(C)c(F)c1.Cc1ccc(C)cc1.Cc1ccc(C)nc1.Cc1cnc(C)nc1. The monoisotopic (exact) mass is 1200 g/mol. The van der Waals surface area contributed by atoms with Crippen molar-refractivity contribution in [2.75, 3.05) is 13.2 Å². The minimum absolute atomic E-state index is 0.0196. The number of aromatic nitrogens is 3. The van der Waals surface area contributed by atoms with Crippen molar-refractivity contribution in [1.29, 1.82) is 0 Å². The number of halogens is 3. The van der Waals surface area contributed by atoms with E-state index in [4.69, 9.17) is 54.2 Å². The first-order chi connectivity index (χ1) is 36.5. The Morgan fingerprint density at radius 3 is 1.40 bits per heavy atom. The van der Waals surface area contributed by atoms with Crippen LogP contribution in [0.15, 0.2) is 107 Å². The van der Waals surface area contributed by atoms with Crippen molar-refractivity contribution >= 4 is 70.6 Å². The van der Waals surface area contributed by atoms with Gasteiger partial charge in [0, 0.05) is 40.7 Å². The third-order valence-corrected chi connectivity index (χ3v) is 16.9. The Morgan fingerprint density at radius 2 is 1.01 bits per heavy atom. The molecule has 1 aliphatic carbocycles. The highest BCUT2D eigenvalue weighted by atomic mass is 33.5. The smallest absolute Gasteiger partial charge is 0.154 e. The molecule has 1 saturated carbocycles. The summed E-state index contributed by atoms with van der Waals surface area (Å²) < 4.78 is 48.1. The van der Waals surface area contributed by atoms with Gasteiger partial charge < -0.3 is 17.5 Å². The van der Waals surface area contributed by atoms with E-state index in [2.05, 4.69) is 111 Å². The summed E-state index contributed by atoms with van der Waals surface area (Å²) in [5, 5.41) is 0. The van der Waals surface area contributed by atoms with Crippen molar-refractivity contribution in [3.05, 3.63) is 182 Å². The fraction of sp³-hybridized carbons (Fsp3) is 0.476. The molecule has 0 bridgehead atoms. The molecule has 2 aliphatic rings. The van der Waals surface area contributed by atoms with Gasteiger partial charge in [0.15, 0.2) is 6.29 Å². The summed E-state index contributed by atoms with van der Waals surface area (Å²) in [6.07, 6.45) is 14.2. The van der Waals surface area contributed by atoms with E-state index >= 15 is 0 Å². The highest BCUT2D eigenvalue weighted by Crippen LogP contribution is 2.28. The lowest BCUT2D eigenvalue weighted by Crippen LogP contribution is -2.27. The van der Waals surface area contributed by atoms with Crippen molar-refractivity contribution in [3.63, 3.8) is 0 Å². The Kier molecular flexibility index (Phi) is 36.6. The molecule has 5 nitrogen and oxygen atoms in total. The molecule has 0 spiro atoms. The minimum atomic E-state index is -1.87. The van der Waals surface area contributed by atoms with Crippen LogP contribution in [0, 0.1) is 111 Å². The van der Waals surface area contributed by atoms with Gasteiger partial charge >= 0.3 is 0 Å². The summed E-state index contributed by atoms with van der Waals surface area (Å²) in [5.74, 6) is 2.38. The van der Waals surface area contributed by atoms with Crippen molar-refractivity contribution in [2.24, 2.45) is 17.8 Å². The van der Waals surface area contributed by atoms with Gasteiger partial charge in [-0.15, -0.1) is 4.90 Å². The van der Waals surface area contributed by atoms with Gasteiger partial charge in [-0.2, -0.15) is 0 Å². The average molecular weight is 1200 g/mol. The van der Waals surface area contributed by atoms with E-state index in [-0.39, 0.29) is 17.7 Å². The van der Waals surface area contributed by atoms with Gasteiger partial charge in [0.1, 0.15) is 23.3 Å². The van der Waals surface area contributed by atoms with E-state index in [0.29, 0.717) is 17.0 Å². The number of unbranched alkanes of at least 4 members (excludes halogenated alkanes) is 2. The number of nitrogens with zero attached hydrogens (tertiary/aromatic N) is 3. The lowest BCUT2D eigenvalue weighted by Gasteiger charge is -2.24. The average Bonchev–Trinajstić information content (AvgIpc) is 3.38. The molecule has 8 rings (SSSR count). The topological polar surface area (TPSA) is 57.1 Å². The van der Waals surface area contributed by atoms with E-state index in [1.165, 1.54) is 92.3 Å². The highest BCUT2D eigenvalue weighted by molar-refractivity contribution is 8.93. The largest absolute Gasteiger partial charge is 0.353 e. The van der Waals surface area contributed by atoms with Crippen LogP contribution in [-0.2, 0) is 74.8 Å². The lowest BCUT2D eigenvalue weighted by molar-refractivity contribution is -0.187. The second-order valence-electron chi connectivity index (χ2n) is 20.6. The zero-order chi connectivity index (χ0) is 59.1. The van der Waals surface area contributed by atoms with Gasteiger partial charge in [-0.1, -0.05) is 143 Å². The van der Waals surface area contributed by atoms with Gasteiger partial charge in [0.2, 0.25) is 0 Å². The number of ether oxygens (including phenoxy) is 2. The summed E-state index contributed by atoms with van der Waals surface area (Å²) in [6, 6.07) is 24.7. The first-order valence-corrected chi connectivity index (χ1v) is 34.4. The Balaban J connectivity index is 0.000000457. The van der Waals surface area contributed by atoms with Crippen molar-refractivity contribution < 1.29 is 22.6 Å². The Labute approximate surface area is 495 Å². The second kappa shape index (κ2) is 39.2. The molecule has 3 heterocycles. The van der Waals surface area contributed by atoms with Gasteiger partial charge in [0.05, 0.1) is 13.2 Å². The maximum atomic E-state index is 12.6. The molecule has 1 aliphatic heterocycles. The molecule has 15 heteroatoms. The Bertz CT molecular complexity index is 2590. The quantitative estimate of drug-likeness (QED) is 0.0761. The van der Waals surface area contributed by atoms with Crippen LogP contribution >= 0.6 is 11.7 Å². The van der Waals surface area contributed by atoms with E-state index < -0.39 is 25.8 Å². The third kappa shape index (κ3) is 32.9. The number of benzene rings is 4. The standard InChI is InChI=1S/C12H17S7.C8H8F2.C8H9F.C8H16.C8H10.C7H9N.C6H8N2.C6H12O2/c1-3-4-5-6-10-7-11(18(13)14)9(2)12(8-10)19(15,16)17;1-5-3-7(9)6(2)8(10)4-5;1-6-3-4-7(2)8(9)5-6;2*1-7-3-5-8(2)6-4-7;1-6-3-4-7(2)8-5-6;2*1-5-3-7-6(2)8-4-5/h7-8H,3-6H2,1-2H3,(H,15,16,17);3-4H,1-2H3;3-5H,1-2H3;7-8H,3-6H2,1-2H3;3-6H,1-2H3;3-5H,1-2H3;3-4H,1-2H3;5-6H,3-4H2,1-2H3/q-1;;;;;;;. The molecule has 6 aromatic rings. The normalized spacial score (nSPS) is 16.3. The minimum Gasteiger partial charge on any atom is -0.353 e. The molecule has 0 N–H and O–H groups in total. The van der Waals surface area contributed by atoms with Crippen LogP contribution in [0.4, 0.5) is 13.2 Å². The zero-order valence-electron chi connectivity index (χ0n) is 49.3. The molecule has 0 atom stereocenters. The number of hydrogen-bond acceptors (Lipinski definition) is 10. The second-order valence-corrected chi connectivity index (χ2v) is 32.3. The van der Waals surface area contributed by atoms with Crippen molar-refractivity contribution in [3.8, 4) is 0 Å². The summed E-state index contributed by atoms with van der Waals surface area (Å²) in [5.41, 5.74) is 10.7. The molecule has 0 amide bonds. The Hall–Kier alpha value is -3.25. The maximum absolute atomic E-state index is 12.6. The van der Waals surface area contributed by atoms with Gasteiger partial charge in [-0.05, 0) is 200 Å². The van der Waals surface area contributed by atoms with Crippen molar-refractivity contribution in [2.45, 2.75) is 178 Å². The van der Waals surface area contributed by atoms with Crippen LogP contribution in [0.5, 0.6) is 0 Å². The van der Waals surface area contributed by atoms with E-state index in [0.717, 1.165) is 69.5 Å². The van der Waals surface area contributed by atoms with Gasteiger partial charge in [0.25, 0.3) is 0 Å². The van der Waals surface area contributed by atoms with Crippen LogP contribution in [0.25, 0.3) is 0 Å². The lowest BCUT2D eigenvalue weighted by atomic mass is 9.84. The van der Waals surface area contributed by atoms with Crippen LogP contribution in [0.2, 0.25) is 0 Å². The molecule has 0 unspecified atom stereocenters. The third-order valence-electron chi connectivity index (χ3n) is 12.4. The van der Waals surface area contributed by atoms with Crippen molar-refractivity contribution in [1.82, 2.24) is 15.0 Å². The fourth-order valence-corrected chi connectivity index (χ4v) is 11.2. The fourth-order valence-electron chi connectivity index (χ4n) is 7.11. The van der Waals surface area contributed by atoms with Crippen LogP contribution in [0.3, 0.4) is 0 Å². The number of thiol groups is 1. The van der Waals surface area contributed by atoms with Gasteiger partial charge in [-0.3, -0.25) is 27.4 Å². The summed E-state index contributed by atoms with van der Waals surface area (Å²) >= 11 is 25.7. The molecular formula is C63H89F3N3O2S7-. The maximum Gasteiger partial charge on any atom is 0.154 e.